The predicted octanol–water partition coefficient (Wildman–Crippen LogP) is 6.95. The lowest BCUT2D eigenvalue weighted by Crippen LogP contribution is -2.29. The number of nitrogens with zero attached hydrogens (tertiary/aromatic N) is 1. The van der Waals surface area contributed by atoms with Crippen molar-refractivity contribution in [3.8, 4) is 5.75 Å². The molecule has 0 unspecified atom stereocenters. The molecule has 1 aliphatic carbocycles. The molecule has 0 saturated carbocycles. The van der Waals surface area contributed by atoms with Crippen molar-refractivity contribution in [3.63, 3.8) is 0 Å². The van der Waals surface area contributed by atoms with Gasteiger partial charge in [0.05, 0.1) is 24.6 Å². The van der Waals surface area contributed by atoms with Crippen molar-refractivity contribution >= 4 is 40.7 Å². The number of thioether (sulfide) groups is 1. The first-order valence-corrected chi connectivity index (χ1v) is 13.9. The molecule has 0 saturated heterocycles. The molecule has 3 aromatic rings. The van der Waals surface area contributed by atoms with Crippen LogP contribution < -0.4 is 15.5 Å². The van der Waals surface area contributed by atoms with Crippen LogP contribution in [0.1, 0.15) is 47.6 Å². The molecule has 2 N–H and O–H groups in total. The number of hydrazone groups is 1. The highest BCUT2D eigenvalue weighted by molar-refractivity contribution is 7.99. The lowest BCUT2D eigenvalue weighted by atomic mass is 9.76. The van der Waals surface area contributed by atoms with Gasteiger partial charge >= 0.3 is 0 Å². The van der Waals surface area contributed by atoms with Gasteiger partial charge in [-0.15, -0.1) is 11.8 Å². The highest BCUT2D eigenvalue weighted by Crippen LogP contribution is 2.50. The van der Waals surface area contributed by atoms with Gasteiger partial charge in [-0.3, -0.25) is 4.79 Å². The van der Waals surface area contributed by atoms with Gasteiger partial charge in [-0.25, -0.2) is 5.43 Å². The quantitative estimate of drug-likeness (QED) is 0.187. The molecule has 1 heterocycles. The molecular weight excluding hydrogens is 502 g/mol. The van der Waals surface area contributed by atoms with Crippen LogP contribution in [0, 0.1) is 5.92 Å². The fraction of sp³-hybridized carbons (Fsp3) is 0.267. The number of amides is 1. The van der Waals surface area contributed by atoms with E-state index in [0.29, 0.717) is 22.6 Å². The number of benzene rings is 3. The Kier molecular flexibility index (Phi) is 7.87. The zero-order valence-electron chi connectivity index (χ0n) is 20.9. The first-order valence-electron chi connectivity index (χ1n) is 12.4. The average molecular weight is 532 g/mol. The van der Waals surface area contributed by atoms with Gasteiger partial charge in [0, 0.05) is 22.4 Å². The Morgan fingerprint density at radius 2 is 2.00 bits per heavy atom. The Labute approximate surface area is 227 Å². The van der Waals surface area contributed by atoms with Crippen LogP contribution in [-0.4, -0.2) is 24.5 Å². The SMILES string of the molecule is COc1ccc([C@@H]2Nc3ccc(/C(C)=N\NC(=O)CSCc4cccc(Cl)c4)cc3[C@@H]3C=CC[C@@H]32)cc1. The zero-order valence-corrected chi connectivity index (χ0v) is 22.5. The minimum atomic E-state index is -0.118. The Hall–Kier alpha value is -3.22. The molecule has 1 amide bonds. The summed E-state index contributed by atoms with van der Waals surface area (Å²) in [5.74, 6) is 2.60. The van der Waals surface area contributed by atoms with E-state index in [4.69, 9.17) is 16.3 Å². The number of anilines is 1. The molecule has 5 rings (SSSR count). The molecule has 0 fully saturated rings. The number of halogens is 1. The standard InChI is InChI=1S/C30H30ClN3O2S/c1-19(33-34-29(35)18-37-17-20-5-3-6-23(31)15-20)22-11-14-28-27(16-22)25-7-4-8-26(25)30(32-28)21-9-12-24(36-2)13-10-21/h3-7,9-16,25-26,30,32H,8,17-18H2,1-2H3,(H,34,35)/b33-19-/t25-,26+,30+/m1/s1. The maximum Gasteiger partial charge on any atom is 0.250 e. The molecule has 37 heavy (non-hydrogen) atoms. The van der Waals surface area contributed by atoms with E-state index in [-0.39, 0.29) is 11.9 Å². The summed E-state index contributed by atoms with van der Waals surface area (Å²) in [6.45, 7) is 1.93. The lowest BCUT2D eigenvalue weighted by Gasteiger charge is -2.37. The molecule has 1 aliphatic heterocycles. The Balaban J connectivity index is 1.24. The molecule has 0 aromatic heterocycles. The molecule has 2 aliphatic rings. The Morgan fingerprint density at radius 3 is 2.78 bits per heavy atom. The second kappa shape index (κ2) is 11.4. The summed E-state index contributed by atoms with van der Waals surface area (Å²) in [5, 5.41) is 8.86. The number of carbonyl (C=O) groups is 1. The number of carbonyl (C=O) groups excluding carboxylic acids is 1. The highest BCUT2D eigenvalue weighted by atomic mass is 35.5. The van der Waals surface area contributed by atoms with Gasteiger partial charge in [0.1, 0.15) is 5.75 Å². The fourth-order valence-electron chi connectivity index (χ4n) is 5.09. The summed E-state index contributed by atoms with van der Waals surface area (Å²) in [6.07, 6.45) is 5.65. The van der Waals surface area contributed by atoms with Crippen LogP contribution in [0.2, 0.25) is 5.02 Å². The summed E-state index contributed by atoms with van der Waals surface area (Å²) >= 11 is 7.57. The van der Waals surface area contributed by atoms with E-state index in [9.17, 15) is 4.79 Å². The first kappa shape index (κ1) is 25.4. The van der Waals surface area contributed by atoms with E-state index in [1.54, 1.807) is 7.11 Å². The van der Waals surface area contributed by atoms with Crippen molar-refractivity contribution in [2.75, 3.05) is 18.2 Å². The summed E-state index contributed by atoms with van der Waals surface area (Å²) in [6, 6.07) is 22.7. The van der Waals surface area contributed by atoms with Crippen molar-refractivity contribution in [3.05, 3.63) is 106 Å². The van der Waals surface area contributed by atoms with Crippen molar-refractivity contribution in [2.24, 2.45) is 11.0 Å². The molecule has 190 valence electrons. The molecule has 0 bridgehead atoms. The highest BCUT2D eigenvalue weighted by Gasteiger charge is 2.38. The third-order valence-electron chi connectivity index (χ3n) is 6.99. The molecule has 0 spiro atoms. The van der Waals surface area contributed by atoms with Gasteiger partial charge in [0.15, 0.2) is 0 Å². The largest absolute Gasteiger partial charge is 0.497 e. The van der Waals surface area contributed by atoms with Gasteiger partial charge in [-0.1, -0.05) is 54.1 Å². The fourth-order valence-corrected chi connectivity index (χ4v) is 6.07. The monoisotopic (exact) mass is 531 g/mol. The summed E-state index contributed by atoms with van der Waals surface area (Å²) in [5.41, 5.74) is 9.28. The lowest BCUT2D eigenvalue weighted by molar-refractivity contribution is -0.118. The van der Waals surface area contributed by atoms with Crippen LogP contribution >= 0.6 is 23.4 Å². The predicted molar refractivity (Wildman–Crippen MR) is 154 cm³/mol. The molecule has 7 heteroatoms. The number of rotatable bonds is 8. The van der Waals surface area contributed by atoms with Crippen molar-refractivity contribution in [1.29, 1.82) is 0 Å². The van der Waals surface area contributed by atoms with Gasteiger partial charge in [0.25, 0.3) is 0 Å². The number of nitrogens with one attached hydrogen (secondary N) is 2. The van der Waals surface area contributed by atoms with Crippen molar-refractivity contribution in [1.82, 2.24) is 5.43 Å². The van der Waals surface area contributed by atoms with E-state index in [0.717, 1.165) is 40.4 Å². The molecule has 3 atom stereocenters. The van der Waals surface area contributed by atoms with Crippen LogP contribution in [-0.2, 0) is 10.5 Å². The Morgan fingerprint density at radius 1 is 1.16 bits per heavy atom. The number of fused-ring (bicyclic) bond motifs is 3. The molecular formula is C30H30ClN3O2S. The van der Waals surface area contributed by atoms with Crippen molar-refractivity contribution < 1.29 is 9.53 Å². The van der Waals surface area contributed by atoms with Crippen LogP contribution in [0.4, 0.5) is 5.69 Å². The van der Waals surface area contributed by atoms with E-state index in [2.05, 4.69) is 58.3 Å². The smallest absolute Gasteiger partial charge is 0.250 e. The summed E-state index contributed by atoms with van der Waals surface area (Å²) < 4.78 is 5.34. The van der Waals surface area contributed by atoms with Crippen LogP contribution in [0.3, 0.4) is 0 Å². The number of methoxy groups -OCH3 is 1. The number of hydrogen-bond donors (Lipinski definition) is 2. The third kappa shape index (κ3) is 5.86. The Bertz CT molecular complexity index is 1340. The molecule has 5 nitrogen and oxygen atoms in total. The van der Waals surface area contributed by atoms with E-state index < -0.39 is 0 Å². The topological polar surface area (TPSA) is 62.7 Å². The third-order valence-corrected chi connectivity index (χ3v) is 8.23. The maximum absolute atomic E-state index is 12.3. The second-order valence-electron chi connectivity index (χ2n) is 9.41. The van der Waals surface area contributed by atoms with E-state index >= 15 is 0 Å². The maximum atomic E-state index is 12.3. The van der Waals surface area contributed by atoms with Gasteiger partial charge < -0.3 is 10.1 Å². The van der Waals surface area contributed by atoms with Crippen LogP contribution in [0.5, 0.6) is 5.75 Å². The number of hydrogen-bond acceptors (Lipinski definition) is 5. The minimum absolute atomic E-state index is 0.118. The molecule has 0 radical (unpaired) electrons. The first-order chi connectivity index (χ1) is 18.0. The zero-order chi connectivity index (χ0) is 25.8. The average Bonchev–Trinajstić information content (AvgIpc) is 3.42. The summed E-state index contributed by atoms with van der Waals surface area (Å²) in [7, 11) is 1.69. The van der Waals surface area contributed by atoms with Gasteiger partial charge in [0.2, 0.25) is 5.91 Å². The van der Waals surface area contributed by atoms with Crippen LogP contribution in [0.15, 0.2) is 84.0 Å². The van der Waals surface area contributed by atoms with E-state index in [1.807, 2.05) is 43.3 Å². The van der Waals surface area contributed by atoms with Gasteiger partial charge in [-0.2, -0.15) is 5.10 Å². The second-order valence-corrected chi connectivity index (χ2v) is 10.8. The molecule has 3 aromatic carbocycles. The van der Waals surface area contributed by atoms with Gasteiger partial charge in [-0.05, 0) is 77.9 Å². The normalized spacial score (nSPS) is 20.1. The summed E-state index contributed by atoms with van der Waals surface area (Å²) in [4.78, 5) is 12.3. The van der Waals surface area contributed by atoms with E-state index in [1.165, 1.54) is 22.9 Å². The van der Waals surface area contributed by atoms with Crippen molar-refractivity contribution in [2.45, 2.75) is 31.1 Å². The number of ether oxygens (including phenoxy) is 1. The van der Waals surface area contributed by atoms with Crippen LogP contribution in [0.25, 0.3) is 0 Å². The number of allylic oxidation sites excluding steroid dienone is 2. The minimum Gasteiger partial charge on any atom is -0.497 e.